The summed E-state index contributed by atoms with van der Waals surface area (Å²) in [7, 11) is -3.65. The summed E-state index contributed by atoms with van der Waals surface area (Å²) in [5.74, 6) is -1.30. The van der Waals surface area contributed by atoms with E-state index in [0.29, 0.717) is 12.8 Å². The zero-order valence-corrected chi connectivity index (χ0v) is 15.3. The van der Waals surface area contributed by atoms with Gasteiger partial charge in [-0.2, -0.15) is 0 Å². The van der Waals surface area contributed by atoms with Gasteiger partial charge >= 0.3 is 5.97 Å². The first-order valence-corrected chi connectivity index (χ1v) is 10.0. The van der Waals surface area contributed by atoms with Crippen molar-refractivity contribution in [2.45, 2.75) is 37.0 Å². The molecular weight excluding hydrogens is 356 g/mol. The molecule has 26 heavy (non-hydrogen) atoms. The molecule has 8 heteroatoms. The molecule has 0 saturated heterocycles. The van der Waals surface area contributed by atoms with Crippen LogP contribution in [0.1, 0.15) is 42.5 Å². The molecule has 0 radical (unpaired) electrons. The molecule has 1 aliphatic rings. The quantitative estimate of drug-likeness (QED) is 0.597. The standard InChI is InChI=1S/C18H24N2O5S/c1-2-12-20-26(24,25)15-8-6-14(7-9-15)16(21)19-13-18(17(22)23)10-4-3-5-11-18/h2,6-9,20H,1,3-5,10-13H2,(H,19,21)(H,22,23). The third kappa shape index (κ3) is 4.70. The lowest BCUT2D eigenvalue weighted by Crippen LogP contribution is -2.44. The minimum atomic E-state index is -3.65. The van der Waals surface area contributed by atoms with Crippen LogP contribution >= 0.6 is 0 Å². The maximum Gasteiger partial charge on any atom is 0.311 e. The van der Waals surface area contributed by atoms with Gasteiger partial charge in [0.25, 0.3) is 5.91 Å². The first-order valence-electron chi connectivity index (χ1n) is 8.53. The molecule has 2 rings (SSSR count). The predicted molar refractivity (Wildman–Crippen MR) is 97.3 cm³/mol. The Kier molecular flexibility index (Phi) is 6.55. The van der Waals surface area contributed by atoms with E-state index in [0.717, 1.165) is 19.3 Å². The summed E-state index contributed by atoms with van der Waals surface area (Å²) in [6.07, 6.45) is 5.23. The SMILES string of the molecule is C=CCNS(=O)(=O)c1ccc(C(=O)NCC2(C(=O)O)CCCCC2)cc1. The number of nitrogens with one attached hydrogen (secondary N) is 2. The Labute approximate surface area is 153 Å². The van der Waals surface area contributed by atoms with Gasteiger partial charge in [0.15, 0.2) is 0 Å². The number of carbonyl (C=O) groups excluding carboxylic acids is 1. The van der Waals surface area contributed by atoms with Gasteiger partial charge in [0.1, 0.15) is 0 Å². The van der Waals surface area contributed by atoms with E-state index in [1.165, 1.54) is 30.3 Å². The smallest absolute Gasteiger partial charge is 0.311 e. The summed E-state index contributed by atoms with van der Waals surface area (Å²) in [6, 6.07) is 5.50. The summed E-state index contributed by atoms with van der Waals surface area (Å²) >= 11 is 0. The van der Waals surface area contributed by atoms with Crippen LogP contribution < -0.4 is 10.0 Å². The molecule has 1 aromatic carbocycles. The second-order valence-electron chi connectivity index (χ2n) is 6.49. The first kappa shape index (κ1) is 20.1. The molecule has 1 saturated carbocycles. The van der Waals surface area contributed by atoms with Crippen molar-refractivity contribution in [3.05, 3.63) is 42.5 Å². The van der Waals surface area contributed by atoms with Crippen molar-refractivity contribution in [3.63, 3.8) is 0 Å². The van der Waals surface area contributed by atoms with Crippen molar-refractivity contribution >= 4 is 21.9 Å². The molecule has 0 spiro atoms. The lowest BCUT2D eigenvalue weighted by Gasteiger charge is -2.33. The van der Waals surface area contributed by atoms with Crippen LogP contribution in [0.2, 0.25) is 0 Å². The Hall–Kier alpha value is -2.19. The van der Waals surface area contributed by atoms with E-state index in [9.17, 15) is 23.1 Å². The number of sulfonamides is 1. The number of hydrogen-bond acceptors (Lipinski definition) is 4. The third-order valence-electron chi connectivity index (χ3n) is 4.70. The van der Waals surface area contributed by atoms with E-state index in [1.807, 2.05) is 0 Å². The fraction of sp³-hybridized carbons (Fsp3) is 0.444. The van der Waals surface area contributed by atoms with Crippen LogP contribution in [0.3, 0.4) is 0 Å². The van der Waals surface area contributed by atoms with Crippen molar-refractivity contribution in [1.29, 1.82) is 0 Å². The van der Waals surface area contributed by atoms with Crippen LogP contribution in [0.25, 0.3) is 0 Å². The minimum Gasteiger partial charge on any atom is -0.481 e. The second kappa shape index (κ2) is 8.46. The minimum absolute atomic E-state index is 0.0465. The molecule has 1 aliphatic carbocycles. The molecule has 142 valence electrons. The van der Waals surface area contributed by atoms with Gasteiger partial charge in [-0.3, -0.25) is 9.59 Å². The molecule has 1 amide bonds. The van der Waals surface area contributed by atoms with E-state index in [4.69, 9.17) is 0 Å². The van der Waals surface area contributed by atoms with Crippen LogP contribution in [-0.2, 0) is 14.8 Å². The molecule has 0 aromatic heterocycles. The normalized spacial score (nSPS) is 16.6. The number of carbonyl (C=O) groups is 2. The third-order valence-corrected chi connectivity index (χ3v) is 6.14. The highest BCUT2D eigenvalue weighted by atomic mass is 32.2. The molecule has 0 unspecified atom stereocenters. The number of carboxylic acid groups (broad SMARTS) is 1. The molecule has 1 aromatic rings. The number of benzene rings is 1. The first-order chi connectivity index (χ1) is 12.3. The fourth-order valence-corrected chi connectivity index (χ4v) is 4.08. The van der Waals surface area contributed by atoms with Gasteiger partial charge in [0.2, 0.25) is 10.0 Å². The summed E-state index contributed by atoms with van der Waals surface area (Å²) in [5, 5.41) is 12.2. The van der Waals surface area contributed by atoms with Gasteiger partial charge in [0, 0.05) is 18.7 Å². The Bertz CT molecular complexity index is 765. The largest absolute Gasteiger partial charge is 0.481 e. The van der Waals surface area contributed by atoms with Crippen LogP contribution in [-0.4, -0.2) is 38.5 Å². The maximum atomic E-state index is 12.3. The maximum absolute atomic E-state index is 12.3. The van der Waals surface area contributed by atoms with E-state index in [1.54, 1.807) is 0 Å². The van der Waals surface area contributed by atoms with Gasteiger partial charge < -0.3 is 10.4 Å². The van der Waals surface area contributed by atoms with Gasteiger partial charge in [-0.15, -0.1) is 6.58 Å². The van der Waals surface area contributed by atoms with Gasteiger partial charge in [-0.05, 0) is 37.1 Å². The molecule has 0 heterocycles. The van der Waals surface area contributed by atoms with E-state index in [-0.39, 0.29) is 23.5 Å². The van der Waals surface area contributed by atoms with Crippen LogP contribution in [0, 0.1) is 5.41 Å². The van der Waals surface area contributed by atoms with Crippen molar-refractivity contribution in [2.75, 3.05) is 13.1 Å². The van der Waals surface area contributed by atoms with Crippen molar-refractivity contribution in [2.24, 2.45) is 5.41 Å². The molecule has 0 atom stereocenters. The highest BCUT2D eigenvalue weighted by Crippen LogP contribution is 2.36. The van der Waals surface area contributed by atoms with E-state index < -0.39 is 27.3 Å². The Morgan fingerprint density at radius 2 is 1.77 bits per heavy atom. The van der Waals surface area contributed by atoms with Crippen LogP contribution in [0.15, 0.2) is 41.8 Å². The number of amides is 1. The summed E-state index contributed by atoms with van der Waals surface area (Å²) in [5.41, 5.74) is -0.629. The number of hydrogen-bond donors (Lipinski definition) is 3. The summed E-state index contributed by atoms with van der Waals surface area (Å²) in [4.78, 5) is 24.0. The topological polar surface area (TPSA) is 113 Å². The Balaban J connectivity index is 2.03. The van der Waals surface area contributed by atoms with Crippen molar-refractivity contribution < 1.29 is 23.1 Å². The predicted octanol–water partition coefficient (Wildman–Crippen LogP) is 1.92. The Morgan fingerprint density at radius 3 is 2.31 bits per heavy atom. The van der Waals surface area contributed by atoms with E-state index in [2.05, 4.69) is 16.6 Å². The highest BCUT2D eigenvalue weighted by Gasteiger charge is 2.39. The lowest BCUT2D eigenvalue weighted by atomic mass is 9.74. The number of carboxylic acids is 1. The highest BCUT2D eigenvalue weighted by molar-refractivity contribution is 7.89. The molecule has 3 N–H and O–H groups in total. The summed E-state index contributed by atoms with van der Waals surface area (Å²) < 4.78 is 26.3. The monoisotopic (exact) mass is 380 g/mol. The number of aliphatic carboxylic acids is 1. The average Bonchev–Trinajstić information content (AvgIpc) is 2.65. The van der Waals surface area contributed by atoms with Gasteiger partial charge in [0.05, 0.1) is 10.3 Å². The van der Waals surface area contributed by atoms with Crippen molar-refractivity contribution in [3.8, 4) is 0 Å². The van der Waals surface area contributed by atoms with Crippen LogP contribution in [0.5, 0.6) is 0 Å². The van der Waals surface area contributed by atoms with Gasteiger partial charge in [-0.25, -0.2) is 13.1 Å². The molecule has 7 nitrogen and oxygen atoms in total. The molecular formula is C18H24N2O5S. The zero-order valence-electron chi connectivity index (χ0n) is 14.5. The fourth-order valence-electron chi connectivity index (χ4n) is 3.08. The van der Waals surface area contributed by atoms with Crippen molar-refractivity contribution in [1.82, 2.24) is 10.0 Å². The molecule has 0 bridgehead atoms. The van der Waals surface area contributed by atoms with Crippen LogP contribution in [0.4, 0.5) is 0 Å². The molecule has 0 aliphatic heterocycles. The lowest BCUT2D eigenvalue weighted by molar-refractivity contribution is -0.150. The molecule has 1 fully saturated rings. The Morgan fingerprint density at radius 1 is 1.15 bits per heavy atom. The number of rotatable bonds is 8. The second-order valence-corrected chi connectivity index (χ2v) is 8.26. The zero-order chi connectivity index (χ0) is 19.2. The summed E-state index contributed by atoms with van der Waals surface area (Å²) in [6.45, 7) is 3.63. The average molecular weight is 380 g/mol. The van der Waals surface area contributed by atoms with Gasteiger partial charge in [-0.1, -0.05) is 25.3 Å². The van der Waals surface area contributed by atoms with E-state index >= 15 is 0 Å².